The quantitative estimate of drug-likeness (QED) is 0.190. The van der Waals surface area contributed by atoms with Crippen LogP contribution in [0.1, 0.15) is 71.3 Å². The van der Waals surface area contributed by atoms with Crippen molar-refractivity contribution < 1.29 is 28.2 Å². The summed E-state index contributed by atoms with van der Waals surface area (Å²) in [6, 6.07) is 13.2. The third-order valence-corrected chi connectivity index (χ3v) is 10.9. The predicted octanol–water partition coefficient (Wildman–Crippen LogP) is 3.95. The molecule has 46 heavy (non-hydrogen) atoms. The number of aliphatic hydroxyl groups excluding tert-OH is 2. The highest BCUT2D eigenvalue weighted by molar-refractivity contribution is 7.91. The van der Waals surface area contributed by atoms with Gasteiger partial charge < -0.3 is 25.7 Å². The van der Waals surface area contributed by atoms with Crippen molar-refractivity contribution in [1.82, 2.24) is 15.5 Å². The molecule has 2 aromatic carbocycles. The van der Waals surface area contributed by atoms with Crippen LogP contribution in [0, 0.1) is 23.7 Å². The van der Waals surface area contributed by atoms with Crippen LogP contribution < -0.4 is 10.6 Å². The number of benzene rings is 2. The lowest BCUT2D eigenvalue weighted by molar-refractivity contribution is -0.128. The molecule has 4 N–H and O–H groups in total. The Morgan fingerprint density at radius 2 is 1.63 bits per heavy atom. The van der Waals surface area contributed by atoms with Crippen LogP contribution in [0.2, 0.25) is 0 Å². The Labute approximate surface area is 276 Å². The molecule has 0 saturated heterocycles. The van der Waals surface area contributed by atoms with E-state index in [4.69, 9.17) is 0 Å². The van der Waals surface area contributed by atoms with Gasteiger partial charge in [0.25, 0.3) is 0 Å². The SMILES string of the molecule is CC(C)C[C@H](O)[C@H](O)[C@H](CC1CCCCC1)NC(=O)[C@H](C)CNC(=O)[C@H](Cc1ccc2ccccc2c1)CS(=O)(=O)CCN(C)C. The summed E-state index contributed by atoms with van der Waals surface area (Å²) in [5, 5.41) is 29.7. The third-order valence-electron chi connectivity index (χ3n) is 9.16. The Kier molecular flexibility index (Phi) is 14.9. The average Bonchev–Trinajstić information content (AvgIpc) is 3.01. The largest absolute Gasteiger partial charge is 0.390 e. The lowest BCUT2D eigenvalue weighted by Crippen LogP contribution is -2.52. The van der Waals surface area contributed by atoms with Crippen LogP contribution in [0.15, 0.2) is 42.5 Å². The van der Waals surface area contributed by atoms with E-state index in [1.54, 1.807) is 11.8 Å². The highest BCUT2D eigenvalue weighted by atomic mass is 32.2. The average molecular weight is 660 g/mol. The number of carbonyl (C=O) groups is 2. The normalized spacial score (nSPS) is 17.8. The predicted molar refractivity (Wildman–Crippen MR) is 185 cm³/mol. The van der Waals surface area contributed by atoms with E-state index in [2.05, 4.69) is 10.6 Å². The Hall–Kier alpha value is -2.53. The summed E-state index contributed by atoms with van der Waals surface area (Å²) in [4.78, 5) is 28.7. The van der Waals surface area contributed by atoms with Gasteiger partial charge in [0, 0.05) is 13.1 Å². The second-order valence-corrected chi connectivity index (χ2v) is 16.4. The number of fused-ring (bicyclic) bond motifs is 1. The van der Waals surface area contributed by atoms with Gasteiger partial charge in [-0.1, -0.05) is 95.3 Å². The maximum Gasteiger partial charge on any atom is 0.224 e. The van der Waals surface area contributed by atoms with Gasteiger partial charge in [0.1, 0.15) is 6.10 Å². The molecule has 3 rings (SSSR count). The van der Waals surface area contributed by atoms with Crippen molar-refractivity contribution in [3.63, 3.8) is 0 Å². The Morgan fingerprint density at radius 1 is 0.957 bits per heavy atom. The zero-order valence-electron chi connectivity index (χ0n) is 28.5. The summed E-state index contributed by atoms with van der Waals surface area (Å²) in [6.07, 6.45) is 4.78. The molecule has 0 unspecified atom stereocenters. The molecule has 258 valence electrons. The lowest BCUT2D eigenvalue weighted by Gasteiger charge is -2.33. The Balaban J connectivity index is 1.69. The maximum absolute atomic E-state index is 13.5. The van der Waals surface area contributed by atoms with Gasteiger partial charge in [-0.15, -0.1) is 0 Å². The van der Waals surface area contributed by atoms with Gasteiger partial charge in [0.2, 0.25) is 11.8 Å². The zero-order valence-corrected chi connectivity index (χ0v) is 29.3. The molecule has 2 aromatic rings. The number of aliphatic hydroxyl groups is 2. The van der Waals surface area contributed by atoms with Gasteiger partial charge in [-0.2, -0.15) is 0 Å². The van der Waals surface area contributed by atoms with Crippen molar-refractivity contribution in [3.8, 4) is 0 Å². The van der Waals surface area contributed by atoms with E-state index in [1.807, 2.05) is 70.4 Å². The second kappa shape index (κ2) is 18.1. The van der Waals surface area contributed by atoms with Gasteiger partial charge >= 0.3 is 0 Å². The number of hydrogen-bond donors (Lipinski definition) is 4. The number of carbonyl (C=O) groups excluding carboxylic acids is 2. The molecule has 1 fully saturated rings. The summed E-state index contributed by atoms with van der Waals surface area (Å²) in [7, 11) is 0.0927. The molecule has 0 bridgehead atoms. The molecule has 1 saturated carbocycles. The van der Waals surface area contributed by atoms with E-state index >= 15 is 0 Å². The topological polar surface area (TPSA) is 136 Å². The molecule has 10 heteroatoms. The van der Waals surface area contributed by atoms with Crippen molar-refractivity contribution in [2.75, 3.05) is 38.7 Å². The minimum atomic E-state index is -3.53. The Bertz CT molecular complexity index is 1360. The van der Waals surface area contributed by atoms with Crippen LogP contribution >= 0.6 is 0 Å². The summed E-state index contributed by atoms with van der Waals surface area (Å²) in [5.74, 6) is -1.94. The first-order valence-electron chi connectivity index (χ1n) is 17.0. The standard InChI is InChI=1S/C36H57N3O6S/c1-25(2)19-33(40)34(41)32(22-27-11-7-6-8-12-27)38-35(42)26(3)23-37-36(43)31(24-46(44,45)18-17-39(4)5)21-28-15-16-29-13-9-10-14-30(29)20-28/h9-10,13-16,20,25-27,31-34,40-41H,6-8,11-12,17-19,21-24H2,1-5H3,(H,37,43)(H,38,42)/t26-,31-,32+,33+,34-/m1/s1. The minimum absolute atomic E-state index is 0.0252. The first-order chi connectivity index (χ1) is 21.7. The van der Waals surface area contributed by atoms with Gasteiger partial charge in [0.05, 0.1) is 35.5 Å². The van der Waals surface area contributed by atoms with E-state index in [0.29, 0.717) is 25.3 Å². The highest BCUT2D eigenvalue weighted by Gasteiger charge is 2.32. The first kappa shape index (κ1) is 37.9. The number of sulfone groups is 1. The van der Waals surface area contributed by atoms with Crippen molar-refractivity contribution in [2.45, 2.75) is 90.4 Å². The van der Waals surface area contributed by atoms with E-state index in [1.165, 1.54) is 6.42 Å². The molecular formula is C36H57N3O6S. The van der Waals surface area contributed by atoms with Gasteiger partial charge in [-0.3, -0.25) is 9.59 Å². The molecule has 0 spiro atoms. The number of nitrogens with zero attached hydrogens (tertiary/aromatic N) is 1. The first-order valence-corrected chi connectivity index (χ1v) is 18.8. The van der Waals surface area contributed by atoms with Crippen molar-refractivity contribution in [1.29, 1.82) is 0 Å². The molecule has 0 heterocycles. The maximum atomic E-state index is 13.5. The fraction of sp³-hybridized carbons (Fsp3) is 0.667. The number of nitrogens with one attached hydrogen (secondary N) is 2. The van der Waals surface area contributed by atoms with Gasteiger partial charge in [0.15, 0.2) is 9.84 Å². The summed E-state index contributed by atoms with van der Waals surface area (Å²) < 4.78 is 26.1. The molecule has 9 nitrogen and oxygen atoms in total. The van der Waals surface area contributed by atoms with Crippen molar-refractivity contribution in [2.24, 2.45) is 23.7 Å². The van der Waals surface area contributed by atoms with Crippen LogP contribution in [0.5, 0.6) is 0 Å². The number of amides is 2. The number of hydrogen-bond acceptors (Lipinski definition) is 7. The van der Waals surface area contributed by atoms with Gasteiger partial charge in [-0.05, 0) is 61.5 Å². The van der Waals surface area contributed by atoms with Crippen LogP contribution in [0.25, 0.3) is 10.8 Å². The van der Waals surface area contributed by atoms with Crippen LogP contribution in [-0.4, -0.2) is 92.3 Å². The zero-order chi connectivity index (χ0) is 33.9. The van der Waals surface area contributed by atoms with Crippen LogP contribution in [-0.2, 0) is 25.8 Å². The van der Waals surface area contributed by atoms with Gasteiger partial charge in [-0.25, -0.2) is 8.42 Å². The summed E-state index contributed by atoms with van der Waals surface area (Å²) >= 11 is 0. The summed E-state index contributed by atoms with van der Waals surface area (Å²) in [5.41, 5.74) is 0.868. The molecule has 2 amide bonds. The van der Waals surface area contributed by atoms with Crippen molar-refractivity contribution in [3.05, 3.63) is 48.0 Å². The molecule has 1 aliphatic carbocycles. The Morgan fingerprint density at radius 3 is 2.28 bits per heavy atom. The molecule has 0 aromatic heterocycles. The fourth-order valence-electron chi connectivity index (χ4n) is 6.36. The molecule has 0 aliphatic heterocycles. The monoisotopic (exact) mass is 659 g/mol. The van der Waals surface area contributed by atoms with E-state index < -0.39 is 45.8 Å². The van der Waals surface area contributed by atoms with E-state index in [-0.39, 0.29) is 36.3 Å². The van der Waals surface area contributed by atoms with Crippen molar-refractivity contribution >= 4 is 32.4 Å². The molecule has 5 atom stereocenters. The molecular weight excluding hydrogens is 602 g/mol. The van der Waals surface area contributed by atoms with Crippen LogP contribution in [0.4, 0.5) is 0 Å². The van der Waals surface area contributed by atoms with E-state index in [9.17, 15) is 28.2 Å². The highest BCUT2D eigenvalue weighted by Crippen LogP contribution is 2.29. The molecule has 1 aliphatic rings. The molecule has 0 radical (unpaired) electrons. The lowest BCUT2D eigenvalue weighted by atomic mass is 9.82. The van der Waals surface area contributed by atoms with Crippen LogP contribution in [0.3, 0.4) is 0 Å². The van der Waals surface area contributed by atoms with E-state index in [0.717, 1.165) is 42.0 Å². The smallest absolute Gasteiger partial charge is 0.224 e. The number of rotatable bonds is 18. The fourth-order valence-corrected chi connectivity index (χ4v) is 8.05. The third kappa shape index (κ3) is 12.6. The summed E-state index contributed by atoms with van der Waals surface area (Å²) in [6.45, 7) is 6.06. The minimum Gasteiger partial charge on any atom is -0.390 e. The second-order valence-electron chi connectivity index (χ2n) is 14.2.